The molecule has 0 spiro atoms. The molecule has 1 unspecified atom stereocenters. The molecule has 1 amide bonds. The first-order chi connectivity index (χ1) is 16.2. The number of amides is 1. The van der Waals surface area contributed by atoms with E-state index in [0.717, 1.165) is 10.4 Å². The van der Waals surface area contributed by atoms with Crippen molar-refractivity contribution in [2.75, 3.05) is 17.7 Å². The smallest absolute Gasteiger partial charge is 0.341 e. The van der Waals surface area contributed by atoms with Crippen LogP contribution in [0.25, 0.3) is 0 Å². The molecule has 0 fully saturated rings. The molecule has 182 valence electrons. The van der Waals surface area contributed by atoms with Gasteiger partial charge in [-0.1, -0.05) is 29.4 Å². The average Bonchev–Trinajstić information content (AvgIpc) is 3.32. The van der Waals surface area contributed by atoms with E-state index in [0.29, 0.717) is 38.9 Å². The summed E-state index contributed by atoms with van der Waals surface area (Å²) in [7, 11) is 0. The van der Waals surface area contributed by atoms with E-state index < -0.39 is 5.97 Å². The molecule has 0 aliphatic carbocycles. The maximum absolute atomic E-state index is 12.7. The molecule has 3 rings (SSSR count). The van der Waals surface area contributed by atoms with Crippen molar-refractivity contribution in [1.29, 1.82) is 0 Å². The topological polar surface area (TPSA) is 95.3 Å². The van der Waals surface area contributed by atoms with Gasteiger partial charge in [0.05, 0.1) is 17.9 Å². The summed E-state index contributed by atoms with van der Waals surface area (Å²) in [5.41, 5.74) is 1.23. The van der Waals surface area contributed by atoms with E-state index in [4.69, 9.17) is 21.1 Å². The van der Waals surface area contributed by atoms with E-state index in [1.165, 1.54) is 23.1 Å². The minimum atomic E-state index is -0.434. The van der Waals surface area contributed by atoms with Crippen molar-refractivity contribution < 1.29 is 19.1 Å². The lowest BCUT2D eigenvalue weighted by atomic mass is 10.1. The number of ether oxygens (including phenoxy) is 2. The van der Waals surface area contributed by atoms with Crippen LogP contribution in [0.4, 0.5) is 5.00 Å². The summed E-state index contributed by atoms with van der Waals surface area (Å²) in [4.78, 5) is 26.0. The number of anilines is 1. The fraction of sp³-hybridized carbons (Fsp3) is 0.391. The highest BCUT2D eigenvalue weighted by molar-refractivity contribution is 7.99. The molecule has 11 heteroatoms. The van der Waals surface area contributed by atoms with Gasteiger partial charge in [-0.15, -0.1) is 21.5 Å². The first kappa shape index (κ1) is 26.1. The number of carbonyl (C=O) groups excluding carboxylic acids is 2. The highest BCUT2D eigenvalue weighted by Gasteiger charge is 2.23. The first-order valence-electron chi connectivity index (χ1n) is 10.8. The van der Waals surface area contributed by atoms with Crippen molar-refractivity contribution in [2.24, 2.45) is 0 Å². The molecule has 0 saturated heterocycles. The Morgan fingerprint density at radius 2 is 2.03 bits per heavy atom. The van der Waals surface area contributed by atoms with Crippen molar-refractivity contribution in [3.8, 4) is 5.75 Å². The number of thiophene rings is 1. The SMILES string of the molecule is CCOC(=O)c1c(NC(=O)CSc2nnc(C(C)Oc3cccc(Cl)c3)n2CC)sc(C)c1C. The number of benzene rings is 1. The predicted octanol–water partition coefficient (Wildman–Crippen LogP) is 5.68. The summed E-state index contributed by atoms with van der Waals surface area (Å²) in [6, 6.07) is 7.16. The fourth-order valence-electron chi connectivity index (χ4n) is 3.26. The second-order valence-electron chi connectivity index (χ2n) is 7.35. The molecule has 1 atom stereocenters. The average molecular weight is 523 g/mol. The molecule has 8 nitrogen and oxygen atoms in total. The Bertz CT molecular complexity index is 1180. The molecule has 1 N–H and O–H groups in total. The highest BCUT2D eigenvalue weighted by atomic mass is 35.5. The Hall–Kier alpha value is -2.56. The summed E-state index contributed by atoms with van der Waals surface area (Å²) >= 11 is 8.67. The standard InChI is InChI=1S/C23H27ClN4O4S2/c1-6-28-20(14(4)32-17-10-8-9-16(24)11-17)26-27-23(28)33-12-18(29)25-21-19(22(30)31-7-2)13(3)15(5)34-21/h8-11,14H,6-7,12H2,1-5H3,(H,25,29). The Kier molecular flexibility index (Phi) is 8.98. The molecule has 0 radical (unpaired) electrons. The minimum Gasteiger partial charge on any atom is -0.483 e. The first-order valence-corrected chi connectivity index (χ1v) is 13.0. The van der Waals surface area contributed by atoms with Crippen LogP contribution in [0.15, 0.2) is 29.4 Å². The number of carbonyl (C=O) groups is 2. The molecule has 0 saturated carbocycles. The van der Waals surface area contributed by atoms with E-state index in [9.17, 15) is 9.59 Å². The maximum atomic E-state index is 12.7. The lowest BCUT2D eigenvalue weighted by Gasteiger charge is -2.15. The maximum Gasteiger partial charge on any atom is 0.341 e. The second-order valence-corrected chi connectivity index (χ2v) is 9.95. The predicted molar refractivity (Wildman–Crippen MR) is 135 cm³/mol. The number of hydrogen-bond donors (Lipinski definition) is 1. The molecule has 3 aromatic rings. The van der Waals surface area contributed by atoms with Gasteiger partial charge in [-0.25, -0.2) is 4.79 Å². The molecular weight excluding hydrogens is 496 g/mol. The zero-order valence-corrected chi connectivity index (χ0v) is 22.1. The highest BCUT2D eigenvalue weighted by Crippen LogP contribution is 2.33. The zero-order valence-electron chi connectivity index (χ0n) is 19.7. The van der Waals surface area contributed by atoms with Gasteiger partial charge in [-0.3, -0.25) is 4.79 Å². The van der Waals surface area contributed by atoms with Gasteiger partial charge < -0.3 is 19.4 Å². The van der Waals surface area contributed by atoms with Gasteiger partial charge >= 0.3 is 5.97 Å². The van der Waals surface area contributed by atoms with Gasteiger partial charge in [0.1, 0.15) is 10.8 Å². The van der Waals surface area contributed by atoms with Gasteiger partial charge in [-0.05, 0) is 58.4 Å². The fourth-order valence-corrected chi connectivity index (χ4v) is 5.31. The number of hydrogen-bond acceptors (Lipinski definition) is 8. The lowest BCUT2D eigenvalue weighted by Crippen LogP contribution is -2.17. The number of nitrogens with one attached hydrogen (secondary N) is 1. The van der Waals surface area contributed by atoms with E-state index in [-0.39, 0.29) is 24.4 Å². The molecule has 1 aromatic carbocycles. The minimum absolute atomic E-state index is 0.111. The van der Waals surface area contributed by atoms with Crippen LogP contribution in [0.5, 0.6) is 5.75 Å². The van der Waals surface area contributed by atoms with Gasteiger partial charge in [0.15, 0.2) is 17.1 Å². The summed E-state index contributed by atoms with van der Waals surface area (Å²) in [5, 5.41) is 13.1. The van der Waals surface area contributed by atoms with Crippen LogP contribution in [0.1, 0.15) is 53.5 Å². The van der Waals surface area contributed by atoms with Crippen LogP contribution in [-0.4, -0.2) is 39.0 Å². The van der Waals surface area contributed by atoms with Crippen molar-refractivity contribution >= 4 is 51.6 Å². The van der Waals surface area contributed by atoms with Crippen LogP contribution in [0, 0.1) is 13.8 Å². The van der Waals surface area contributed by atoms with Gasteiger partial charge in [0.25, 0.3) is 0 Å². The van der Waals surface area contributed by atoms with Gasteiger partial charge in [0, 0.05) is 16.4 Å². The number of esters is 1. The van der Waals surface area contributed by atoms with Crippen molar-refractivity contribution in [1.82, 2.24) is 14.8 Å². The molecule has 2 heterocycles. The number of thioether (sulfide) groups is 1. The largest absolute Gasteiger partial charge is 0.483 e. The van der Waals surface area contributed by atoms with Crippen LogP contribution in [0.2, 0.25) is 5.02 Å². The summed E-state index contributed by atoms with van der Waals surface area (Å²) in [5.74, 6) is 0.723. The monoisotopic (exact) mass is 522 g/mol. The van der Waals surface area contributed by atoms with E-state index >= 15 is 0 Å². The van der Waals surface area contributed by atoms with Crippen molar-refractivity contribution in [3.05, 3.63) is 51.1 Å². The van der Waals surface area contributed by atoms with Crippen LogP contribution in [-0.2, 0) is 16.1 Å². The third kappa shape index (κ3) is 6.11. The van der Waals surface area contributed by atoms with Crippen LogP contribution in [0.3, 0.4) is 0 Å². The Balaban J connectivity index is 1.67. The molecule has 2 aromatic heterocycles. The Morgan fingerprint density at radius 1 is 1.26 bits per heavy atom. The number of nitrogens with zero attached hydrogens (tertiary/aromatic N) is 3. The Morgan fingerprint density at radius 3 is 2.71 bits per heavy atom. The molecule has 0 bridgehead atoms. The quantitative estimate of drug-likeness (QED) is 0.270. The van der Waals surface area contributed by atoms with Gasteiger partial charge in [0.2, 0.25) is 5.91 Å². The summed E-state index contributed by atoms with van der Waals surface area (Å²) in [6.45, 7) is 10.3. The normalized spacial score (nSPS) is 11.8. The number of aryl methyl sites for hydroxylation is 1. The Labute approximate surface area is 212 Å². The van der Waals surface area contributed by atoms with E-state index in [1.54, 1.807) is 19.1 Å². The third-order valence-electron chi connectivity index (χ3n) is 4.98. The zero-order chi connectivity index (χ0) is 24.8. The van der Waals surface area contributed by atoms with Crippen molar-refractivity contribution in [2.45, 2.75) is 52.4 Å². The summed E-state index contributed by atoms with van der Waals surface area (Å²) in [6.07, 6.45) is -0.363. The molecular formula is C23H27ClN4O4S2. The number of rotatable bonds is 10. The number of halogens is 1. The van der Waals surface area contributed by atoms with Gasteiger partial charge in [-0.2, -0.15) is 0 Å². The number of aromatic nitrogens is 3. The van der Waals surface area contributed by atoms with Crippen molar-refractivity contribution in [3.63, 3.8) is 0 Å². The van der Waals surface area contributed by atoms with E-state index in [1.807, 2.05) is 44.4 Å². The third-order valence-corrected chi connectivity index (χ3v) is 7.31. The molecule has 0 aliphatic rings. The van der Waals surface area contributed by atoms with E-state index in [2.05, 4.69) is 15.5 Å². The summed E-state index contributed by atoms with van der Waals surface area (Å²) < 4.78 is 13.0. The lowest BCUT2D eigenvalue weighted by molar-refractivity contribution is -0.113. The molecule has 34 heavy (non-hydrogen) atoms. The molecule has 0 aliphatic heterocycles. The second kappa shape index (κ2) is 11.7. The van der Waals surface area contributed by atoms with Crippen LogP contribution < -0.4 is 10.1 Å². The van der Waals surface area contributed by atoms with Crippen LogP contribution >= 0.6 is 34.7 Å².